The molecule has 0 saturated heterocycles. The van der Waals surface area contributed by atoms with Crippen molar-refractivity contribution in [2.45, 2.75) is 64.2 Å². The minimum atomic E-state index is -0.921. The third-order valence-corrected chi connectivity index (χ3v) is 8.47. The van der Waals surface area contributed by atoms with E-state index in [4.69, 9.17) is 0 Å². The average molecular weight is 523 g/mol. The summed E-state index contributed by atoms with van der Waals surface area (Å²) >= 11 is 0. The van der Waals surface area contributed by atoms with Gasteiger partial charge in [-0.05, 0) is 37.1 Å². The van der Waals surface area contributed by atoms with Crippen molar-refractivity contribution in [3.63, 3.8) is 0 Å². The van der Waals surface area contributed by atoms with Crippen molar-refractivity contribution >= 4 is 28.6 Å². The number of benzene rings is 2. The SMILES string of the molecule is C[Si](C)(C)CCCN=Cc1ccccc1O.C[Si](C)(C)CCCN=Cc1ccccc1O.[Cr]. The van der Waals surface area contributed by atoms with Gasteiger partial charge >= 0.3 is 0 Å². The van der Waals surface area contributed by atoms with E-state index in [-0.39, 0.29) is 17.4 Å². The third-order valence-electron chi connectivity index (χ3n) is 4.76. The first-order valence-corrected chi connectivity index (χ1v) is 18.9. The van der Waals surface area contributed by atoms with E-state index >= 15 is 0 Å². The summed E-state index contributed by atoms with van der Waals surface area (Å²) in [5, 5.41) is 19.0. The molecule has 0 aromatic heterocycles. The van der Waals surface area contributed by atoms with Crippen molar-refractivity contribution in [3.05, 3.63) is 59.7 Å². The molecule has 0 fully saturated rings. The summed E-state index contributed by atoms with van der Waals surface area (Å²) in [5.41, 5.74) is 1.60. The monoisotopic (exact) mass is 522 g/mol. The van der Waals surface area contributed by atoms with E-state index in [2.05, 4.69) is 49.3 Å². The molecule has 2 aromatic carbocycles. The van der Waals surface area contributed by atoms with Crippen LogP contribution in [0, 0.1) is 0 Å². The number of phenols is 2. The van der Waals surface area contributed by atoms with Gasteiger partial charge in [-0.3, -0.25) is 9.98 Å². The maximum Gasteiger partial charge on any atom is 0.124 e. The molecule has 2 aromatic rings. The van der Waals surface area contributed by atoms with Gasteiger partial charge in [0.1, 0.15) is 11.5 Å². The van der Waals surface area contributed by atoms with E-state index in [1.807, 2.05) is 36.4 Å². The van der Waals surface area contributed by atoms with Crippen LogP contribution < -0.4 is 0 Å². The van der Waals surface area contributed by atoms with E-state index < -0.39 is 16.1 Å². The van der Waals surface area contributed by atoms with Crippen LogP contribution in [0.5, 0.6) is 11.5 Å². The normalized spacial score (nSPS) is 11.8. The number of aromatic hydroxyl groups is 2. The van der Waals surface area contributed by atoms with Crippen molar-refractivity contribution in [1.29, 1.82) is 0 Å². The first-order chi connectivity index (χ1) is 15.0. The quantitative estimate of drug-likeness (QED) is 0.199. The summed E-state index contributed by atoms with van der Waals surface area (Å²) in [5.74, 6) is 0.605. The molecule has 0 bridgehead atoms. The van der Waals surface area contributed by atoms with Crippen LogP contribution in [0.4, 0.5) is 0 Å². The first kappa shape index (κ1) is 31.3. The van der Waals surface area contributed by atoms with Crippen LogP contribution in [0.15, 0.2) is 58.5 Å². The van der Waals surface area contributed by atoms with Crippen molar-refractivity contribution in [2.75, 3.05) is 13.1 Å². The molecule has 0 aliphatic heterocycles. The van der Waals surface area contributed by atoms with Gasteiger partial charge in [0, 0.05) is 70.2 Å². The van der Waals surface area contributed by atoms with Crippen LogP contribution in [-0.4, -0.2) is 51.9 Å². The van der Waals surface area contributed by atoms with Gasteiger partial charge in [0.05, 0.1) is 0 Å². The maximum atomic E-state index is 9.51. The minimum Gasteiger partial charge on any atom is -0.507 e. The second-order valence-electron chi connectivity index (χ2n) is 10.5. The van der Waals surface area contributed by atoms with Crippen molar-refractivity contribution in [1.82, 2.24) is 0 Å². The van der Waals surface area contributed by atoms with E-state index in [9.17, 15) is 10.2 Å². The zero-order chi connectivity index (χ0) is 24.0. The molecule has 4 nitrogen and oxygen atoms in total. The standard InChI is InChI=1S/2C13H21NOSi.Cr/c2*1-16(2,3)10-6-9-14-11-12-7-4-5-8-13(12)15;/h2*4-5,7-8,11,15H,6,9-10H2,1-3H3;. The number of aliphatic imine (C=N–C) groups is 2. The van der Waals surface area contributed by atoms with Gasteiger partial charge in [0.15, 0.2) is 0 Å². The summed E-state index contributed by atoms with van der Waals surface area (Å²) in [6.07, 6.45) is 5.83. The fraction of sp³-hybridized carbons (Fsp3) is 0.462. The van der Waals surface area contributed by atoms with Gasteiger partial charge in [-0.15, -0.1) is 0 Å². The van der Waals surface area contributed by atoms with E-state index in [0.29, 0.717) is 11.5 Å². The van der Waals surface area contributed by atoms with Crippen LogP contribution >= 0.6 is 0 Å². The molecule has 2 N–H and O–H groups in total. The molecule has 0 saturated carbocycles. The minimum absolute atomic E-state index is 0. The Bertz CT molecular complexity index is 788. The summed E-state index contributed by atoms with van der Waals surface area (Å²) < 4.78 is 0. The molecule has 0 amide bonds. The smallest absolute Gasteiger partial charge is 0.124 e. The zero-order valence-electron chi connectivity index (χ0n) is 21.2. The average Bonchev–Trinajstić information content (AvgIpc) is 2.69. The summed E-state index contributed by atoms with van der Waals surface area (Å²) in [4.78, 5) is 8.69. The summed E-state index contributed by atoms with van der Waals surface area (Å²) in [6.45, 7) is 16.0. The van der Waals surface area contributed by atoms with Crippen molar-refractivity contribution in [3.8, 4) is 11.5 Å². The number of hydrogen-bond acceptors (Lipinski definition) is 4. The maximum absolute atomic E-state index is 9.51. The predicted molar refractivity (Wildman–Crippen MR) is 147 cm³/mol. The fourth-order valence-corrected chi connectivity index (χ4v) is 5.36. The molecule has 0 aliphatic rings. The number of phenolic OH excluding ortho intramolecular Hbond substituents is 2. The number of nitrogens with zero attached hydrogens (tertiary/aromatic N) is 2. The molecule has 7 heteroatoms. The van der Waals surface area contributed by atoms with Crippen molar-refractivity contribution in [2.24, 2.45) is 9.98 Å². The molecule has 2 rings (SSSR count). The molecule has 0 spiro atoms. The van der Waals surface area contributed by atoms with Gasteiger partial charge in [-0.25, -0.2) is 0 Å². The Hall–Kier alpha value is -1.65. The van der Waals surface area contributed by atoms with Crippen LogP contribution in [0.2, 0.25) is 51.4 Å². The second kappa shape index (κ2) is 16.1. The van der Waals surface area contributed by atoms with Gasteiger partial charge < -0.3 is 10.2 Å². The predicted octanol–water partition coefficient (Wildman–Crippen LogP) is 7.08. The molecule has 0 aliphatic carbocycles. The molecular formula is C26H42CrN2O2Si2. The Morgan fingerprint density at radius 1 is 0.636 bits per heavy atom. The Morgan fingerprint density at radius 3 is 1.27 bits per heavy atom. The molecule has 182 valence electrons. The number of para-hydroxylation sites is 2. The largest absolute Gasteiger partial charge is 0.507 e. The van der Waals surface area contributed by atoms with E-state index in [1.54, 1.807) is 24.6 Å². The molecule has 0 unspecified atom stereocenters. The topological polar surface area (TPSA) is 65.2 Å². The number of rotatable bonds is 10. The van der Waals surface area contributed by atoms with E-state index in [0.717, 1.165) is 37.1 Å². The second-order valence-corrected chi connectivity index (χ2v) is 21.8. The molecular weight excluding hydrogens is 480 g/mol. The zero-order valence-corrected chi connectivity index (χ0v) is 24.5. The van der Waals surface area contributed by atoms with Gasteiger partial charge in [0.25, 0.3) is 0 Å². The molecule has 0 radical (unpaired) electrons. The van der Waals surface area contributed by atoms with Gasteiger partial charge in [-0.1, -0.05) is 75.6 Å². The summed E-state index contributed by atoms with van der Waals surface area (Å²) in [6, 6.07) is 17.2. The van der Waals surface area contributed by atoms with E-state index in [1.165, 1.54) is 12.1 Å². The summed E-state index contributed by atoms with van der Waals surface area (Å²) in [7, 11) is -1.84. The Balaban J connectivity index is 0.000000602. The van der Waals surface area contributed by atoms with Gasteiger partial charge in [-0.2, -0.15) is 0 Å². The van der Waals surface area contributed by atoms with Crippen LogP contribution in [0.3, 0.4) is 0 Å². The van der Waals surface area contributed by atoms with Gasteiger partial charge in [0.2, 0.25) is 0 Å². The van der Waals surface area contributed by atoms with Crippen LogP contribution in [-0.2, 0) is 17.4 Å². The molecule has 0 heterocycles. The third kappa shape index (κ3) is 16.6. The van der Waals surface area contributed by atoms with Crippen LogP contribution in [0.1, 0.15) is 24.0 Å². The Kier molecular flexibility index (Phi) is 15.3. The molecule has 33 heavy (non-hydrogen) atoms. The number of hydrogen-bond donors (Lipinski definition) is 2. The Morgan fingerprint density at radius 2 is 0.970 bits per heavy atom. The fourth-order valence-electron chi connectivity index (χ4n) is 2.92. The Labute approximate surface area is 214 Å². The molecule has 0 atom stereocenters. The van der Waals surface area contributed by atoms with Crippen LogP contribution in [0.25, 0.3) is 0 Å². The van der Waals surface area contributed by atoms with Crippen molar-refractivity contribution < 1.29 is 27.6 Å². The first-order valence-electron chi connectivity index (χ1n) is 11.5.